The van der Waals surface area contributed by atoms with Crippen molar-refractivity contribution in [3.05, 3.63) is 231 Å². The molecule has 0 bridgehead atoms. The van der Waals surface area contributed by atoms with E-state index < -0.39 is 0 Å². The van der Waals surface area contributed by atoms with Gasteiger partial charge in [-0.25, -0.2) is 0 Å². The van der Waals surface area contributed by atoms with Gasteiger partial charge in [0.25, 0.3) is 0 Å². The smallest absolute Gasteiger partial charge is 0.0555 e. The highest BCUT2D eigenvalue weighted by molar-refractivity contribution is 7.26. The highest BCUT2D eigenvalue weighted by Gasteiger charge is 2.23. The van der Waals surface area contributed by atoms with Crippen molar-refractivity contribution in [3.63, 3.8) is 0 Å². The van der Waals surface area contributed by atoms with Crippen molar-refractivity contribution in [1.82, 2.24) is 4.57 Å². The lowest BCUT2D eigenvalue weighted by atomic mass is 9.90. The lowest BCUT2D eigenvalue weighted by Crippen LogP contribution is -2.12. The first-order valence-corrected chi connectivity index (χ1v) is 21.7. The van der Waals surface area contributed by atoms with Crippen LogP contribution in [0.5, 0.6) is 0 Å². The van der Waals surface area contributed by atoms with Crippen molar-refractivity contribution < 1.29 is 0 Å². The lowest BCUT2D eigenvalue weighted by Gasteiger charge is -2.29. The third-order valence-electron chi connectivity index (χ3n) is 12.2. The lowest BCUT2D eigenvalue weighted by molar-refractivity contribution is 1.18. The van der Waals surface area contributed by atoms with Crippen molar-refractivity contribution in [3.8, 4) is 39.1 Å². The molecule has 0 fully saturated rings. The zero-order valence-electron chi connectivity index (χ0n) is 33.2. The van der Waals surface area contributed by atoms with E-state index >= 15 is 0 Å². The Morgan fingerprint density at radius 2 is 0.951 bits per heavy atom. The summed E-state index contributed by atoms with van der Waals surface area (Å²) in [5.41, 5.74) is 14.1. The average Bonchev–Trinajstić information content (AvgIpc) is 3.88. The van der Waals surface area contributed by atoms with Gasteiger partial charge in [0.2, 0.25) is 0 Å². The number of para-hydroxylation sites is 3. The molecule has 0 aliphatic carbocycles. The van der Waals surface area contributed by atoms with Crippen molar-refractivity contribution in [2.45, 2.75) is 0 Å². The summed E-state index contributed by atoms with van der Waals surface area (Å²) in [6.07, 6.45) is 0. The molecule has 0 spiro atoms. The molecule has 0 atom stereocenters. The van der Waals surface area contributed by atoms with Crippen molar-refractivity contribution in [1.29, 1.82) is 0 Å². The molecule has 61 heavy (non-hydrogen) atoms. The molecule has 12 rings (SSSR count). The minimum Gasteiger partial charge on any atom is -0.309 e. The maximum absolute atomic E-state index is 2.50. The van der Waals surface area contributed by atoms with Crippen LogP contribution in [-0.2, 0) is 0 Å². The van der Waals surface area contributed by atoms with Gasteiger partial charge in [0, 0.05) is 47.9 Å². The van der Waals surface area contributed by atoms with Gasteiger partial charge in [0.15, 0.2) is 0 Å². The van der Waals surface area contributed by atoms with Crippen LogP contribution in [0.1, 0.15) is 0 Å². The van der Waals surface area contributed by atoms with Gasteiger partial charge < -0.3 is 9.47 Å². The van der Waals surface area contributed by atoms with Gasteiger partial charge in [-0.3, -0.25) is 0 Å². The van der Waals surface area contributed by atoms with Crippen LogP contribution in [0.4, 0.5) is 17.1 Å². The fourth-order valence-electron chi connectivity index (χ4n) is 9.50. The third-order valence-corrected chi connectivity index (χ3v) is 13.3. The number of hydrogen-bond acceptors (Lipinski definition) is 2. The third kappa shape index (κ3) is 5.85. The number of anilines is 3. The Kier molecular flexibility index (Phi) is 8.39. The fourth-order valence-corrected chi connectivity index (χ4v) is 10.6. The Bertz CT molecular complexity index is 3590. The Morgan fingerprint density at radius 3 is 1.82 bits per heavy atom. The van der Waals surface area contributed by atoms with E-state index in [-0.39, 0.29) is 0 Å². The van der Waals surface area contributed by atoms with E-state index in [1.165, 1.54) is 80.6 Å². The Balaban J connectivity index is 1.10. The standard InChI is InChI=1S/C58H38N2S/c1-3-17-39(18-4-1)45-28-14-19-40-20-15-29-49(57(40)45)47-26-8-11-31-52(47)60(53-32-16-34-56-58(53)50-27-9-12-33-55(50)61-56)44-24-13-21-41(37-44)42-35-36-48-46-25-7-10-30-51(46)59(54(48)38-42)43-22-5-2-6-23-43/h1-38H. The Hall–Kier alpha value is -7.72. The first-order valence-electron chi connectivity index (χ1n) is 20.8. The summed E-state index contributed by atoms with van der Waals surface area (Å²) in [4.78, 5) is 2.50. The fraction of sp³-hybridized carbons (Fsp3) is 0. The molecule has 2 aromatic heterocycles. The molecule has 10 aromatic carbocycles. The second kappa shape index (κ2) is 14.5. The summed E-state index contributed by atoms with van der Waals surface area (Å²) in [5.74, 6) is 0. The minimum absolute atomic E-state index is 1.10. The predicted octanol–water partition coefficient (Wildman–Crippen LogP) is 16.8. The number of rotatable bonds is 7. The zero-order chi connectivity index (χ0) is 40.3. The van der Waals surface area contributed by atoms with Crippen LogP contribution in [0.2, 0.25) is 0 Å². The van der Waals surface area contributed by atoms with Gasteiger partial charge in [-0.1, -0.05) is 170 Å². The molecule has 0 radical (unpaired) electrons. The van der Waals surface area contributed by atoms with Gasteiger partial charge in [-0.15, -0.1) is 11.3 Å². The van der Waals surface area contributed by atoms with Crippen molar-refractivity contribution in [2.24, 2.45) is 0 Å². The average molecular weight is 795 g/mol. The minimum atomic E-state index is 1.10. The van der Waals surface area contributed by atoms with Gasteiger partial charge in [0.05, 0.1) is 22.4 Å². The molecule has 12 aromatic rings. The second-order valence-electron chi connectivity index (χ2n) is 15.6. The quantitative estimate of drug-likeness (QED) is 0.156. The number of thiophene rings is 1. The van der Waals surface area contributed by atoms with E-state index in [0.29, 0.717) is 0 Å². The number of nitrogens with zero attached hydrogens (tertiary/aromatic N) is 2. The number of aromatic nitrogens is 1. The van der Waals surface area contributed by atoms with Crippen molar-refractivity contribution in [2.75, 3.05) is 4.90 Å². The van der Waals surface area contributed by atoms with E-state index in [2.05, 4.69) is 240 Å². The van der Waals surface area contributed by atoms with E-state index in [0.717, 1.165) is 28.3 Å². The molecular weight excluding hydrogens is 757 g/mol. The molecule has 0 aliphatic rings. The van der Waals surface area contributed by atoms with Crippen LogP contribution in [0.25, 0.3) is 91.8 Å². The highest BCUT2D eigenvalue weighted by atomic mass is 32.1. The van der Waals surface area contributed by atoms with E-state index in [1.54, 1.807) is 0 Å². The van der Waals surface area contributed by atoms with Gasteiger partial charge in [-0.2, -0.15) is 0 Å². The first-order chi connectivity index (χ1) is 30.3. The number of fused-ring (bicyclic) bond motifs is 7. The van der Waals surface area contributed by atoms with Gasteiger partial charge in [0.1, 0.15) is 0 Å². The van der Waals surface area contributed by atoms with Gasteiger partial charge >= 0.3 is 0 Å². The monoisotopic (exact) mass is 794 g/mol. The number of hydrogen-bond donors (Lipinski definition) is 0. The molecule has 0 saturated heterocycles. The van der Waals surface area contributed by atoms with Crippen LogP contribution in [-0.4, -0.2) is 4.57 Å². The molecule has 0 unspecified atom stereocenters. The molecular formula is C58H38N2S. The van der Waals surface area contributed by atoms with Crippen LogP contribution < -0.4 is 4.90 Å². The van der Waals surface area contributed by atoms with Crippen LogP contribution >= 0.6 is 11.3 Å². The second-order valence-corrected chi connectivity index (χ2v) is 16.7. The molecule has 3 heteroatoms. The summed E-state index contributed by atoms with van der Waals surface area (Å²) in [6, 6.07) is 84.3. The number of benzene rings is 10. The topological polar surface area (TPSA) is 8.17 Å². The summed E-state index contributed by atoms with van der Waals surface area (Å²) in [5, 5.41) is 7.50. The Morgan fingerprint density at radius 1 is 0.344 bits per heavy atom. The van der Waals surface area contributed by atoms with E-state index in [1.807, 2.05) is 11.3 Å². The Labute approximate surface area is 358 Å². The molecule has 0 aliphatic heterocycles. The van der Waals surface area contributed by atoms with Crippen LogP contribution in [0.15, 0.2) is 231 Å². The molecule has 0 saturated carbocycles. The summed E-state index contributed by atoms with van der Waals surface area (Å²) >= 11 is 1.86. The normalized spacial score (nSPS) is 11.6. The zero-order valence-corrected chi connectivity index (χ0v) is 34.1. The maximum atomic E-state index is 2.50. The van der Waals surface area contributed by atoms with Crippen molar-refractivity contribution >= 4 is 81.1 Å². The van der Waals surface area contributed by atoms with E-state index in [4.69, 9.17) is 0 Å². The first kappa shape index (κ1) is 35.2. The van der Waals surface area contributed by atoms with Crippen LogP contribution in [0, 0.1) is 0 Å². The molecule has 2 heterocycles. The molecule has 0 N–H and O–H groups in total. The summed E-state index contributed by atoms with van der Waals surface area (Å²) in [6.45, 7) is 0. The van der Waals surface area contributed by atoms with Gasteiger partial charge in [-0.05, 0) is 99.3 Å². The molecule has 2 nitrogen and oxygen atoms in total. The molecule has 286 valence electrons. The SMILES string of the molecule is c1ccc(-c2cccc3cccc(-c4ccccc4N(c4cccc(-c5ccc6c7ccccc7n(-c7ccccc7)c6c5)c4)c4cccc5sc6ccccc6c45)c23)cc1. The predicted molar refractivity (Wildman–Crippen MR) is 262 cm³/mol. The summed E-state index contributed by atoms with van der Waals surface area (Å²) < 4.78 is 4.96. The van der Waals surface area contributed by atoms with E-state index in [9.17, 15) is 0 Å². The highest BCUT2D eigenvalue weighted by Crippen LogP contribution is 2.49. The molecule has 0 amide bonds. The largest absolute Gasteiger partial charge is 0.309 e. The van der Waals surface area contributed by atoms with Crippen LogP contribution in [0.3, 0.4) is 0 Å². The summed E-state index contributed by atoms with van der Waals surface area (Å²) in [7, 11) is 0. The maximum Gasteiger partial charge on any atom is 0.0555 e.